The fourth-order valence-electron chi connectivity index (χ4n) is 4.12. The van der Waals surface area contributed by atoms with Gasteiger partial charge >= 0.3 is 5.97 Å². The number of carbonyl (C=O) groups is 2. The first-order valence-electron chi connectivity index (χ1n) is 10.4. The molecule has 0 radical (unpaired) electrons. The van der Waals surface area contributed by atoms with Crippen LogP contribution in [-0.4, -0.2) is 23.6 Å². The number of ether oxygens (including phenoxy) is 1. The smallest absolute Gasteiger partial charge is 0.308 e. The molecule has 1 aliphatic carbocycles. The summed E-state index contributed by atoms with van der Waals surface area (Å²) in [5.74, 6) is -0.327. The normalized spacial score (nSPS) is 19.5. The van der Waals surface area contributed by atoms with Crippen molar-refractivity contribution in [3.05, 3.63) is 65.7 Å². The van der Waals surface area contributed by atoms with Crippen LogP contribution in [-0.2, 0) is 20.9 Å². The van der Waals surface area contributed by atoms with Gasteiger partial charge in [0.25, 0.3) is 0 Å². The quantitative estimate of drug-likeness (QED) is 0.764. The molecule has 29 heavy (non-hydrogen) atoms. The van der Waals surface area contributed by atoms with Crippen molar-refractivity contribution in [1.82, 2.24) is 0 Å². The first-order chi connectivity index (χ1) is 14.2. The van der Waals surface area contributed by atoms with E-state index < -0.39 is 12.0 Å². The summed E-state index contributed by atoms with van der Waals surface area (Å²) in [6.07, 6.45) is 5.70. The topological polar surface area (TPSA) is 67.8 Å². The number of amides is 1. The standard InChI is InChI=1S/C24H26N2O3/c27-22(29-16-17-9-3-1-4-10-17)15-21-24(28)26-20-14-8-7-13-19(20)23(25-21)18-11-5-2-6-12-18/h1,3-4,7-10,13-14,18,21H,2,5-6,11-12,15-16H2,(H,26,28)/t21-/m0/s1. The van der Waals surface area contributed by atoms with Crippen molar-refractivity contribution in [1.29, 1.82) is 0 Å². The fraction of sp³-hybridized carbons (Fsp3) is 0.375. The van der Waals surface area contributed by atoms with Crippen LogP contribution in [0.3, 0.4) is 0 Å². The summed E-state index contributed by atoms with van der Waals surface area (Å²) in [6, 6.07) is 16.6. The van der Waals surface area contributed by atoms with E-state index in [-0.39, 0.29) is 18.9 Å². The summed E-state index contributed by atoms with van der Waals surface area (Å²) in [4.78, 5) is 30.0. The van der Waals surface area contributed by atoms with Crippen molar-refractivity contribution < 1.29 is 14.3 Å². The average Bonchev–Trinajstić information content (AvgIpc) is 2.90. The van der Waals surface area contributed by atoms with Gasteiger partial charge in [-0.05, 0) is 24.5 Å². The van der Waals surface area contributed by atoms with Crippen LogP contribution in [0, 0.1) is 5.92 Å². The molecule has 0 saturated heterocycles. The third-order valence-electron chi connectivity index (χ3n) is 5.65. The van der Waals surface area contributed by atoms with Gasteiger partial charge in [-0.25, -0.2) is 0 Å². The molecule has 1 saturated carbocycles. The molecule has 0 spiro atoms. The number of nitrogens with zero attached hydrogens (tertiary/aromatic N) is 1. The minimum atomic E-state index is -0.761. The highest BCUT2D eigenvalue weighted by Gasteiger charge is 2.31. The predicted molar refractivity (Wildman–Crippen MR) is 113 cm³/mol. The third-order valence-corrected chi connectivity index (χ3v) is 5.65. The number of fused-ring (bicyclic) bond motifs is 1. The number of para-hydroxylation sites is 1. The van der Waals surface area contributed by atoms with E-state index in [0.29, 0.717) is 5.92 Å². The summed E-state index contributed by atoms with van der Waals surface area (Å²) in [5.41, 5.74) is 3.64. The molecule has 1 heterocycles. The van der Waals surface area contributed by atoms with Gasteiger partial charge in [0.1, 0.15) is 12.6 Å². The fourth-order valence-corrected chi connectivity index (χ4v) is 4.12. The number of esters is 1. The molecule has 2 aromatic carbocycles. The van der Waals surface area contributed by atoms with E-state index in [0.717, 1.165) is 35.4 Å². The molecule has 2 aliphatic rings. The number of nitrogens with one attached hydrogen (secondary N) is 1. The van der Waals surface area contributed by atoms with Gasteiger partial charge in [-0.15, -0.1) is 0 Å². The molecule has 1 fully saturated rings. The van der Waals surface area contributed by atoms with Crippen LogP contribution >= 0.6 is 0 Å². The van der Waals surface area contributed by atoms with Gasteiger partial charge in [-0.1, -0.05) is 67.8 Å². The van der Waals surface area contributed by atoms with Gasteiger partial charge in [0.15, 0.2) is 0 Å². The summed E-state index contributed by atoms with van der Waals surface area (Å²) in [6.45, 7) is 0.202. The molecular weight excluding hydrogens is 364 g/mol. The molecule has 1 amide bonds. The van der Waals surface area contributed by atoms with E-state index in [4.69, 9.17) is 9.73 Å². The van der Waals surface area contributed by atoms with Gasteiger partial charge in [0.2, 0.25) is 5.91 Å². The van der Waals surface area contributed by atoms with E-state index in [1.54, 1.807) is 0 Å². The minimum absolute atomic E-state index is 0.0527. The summed E-state index contributed by atoms with van der Waals surface area (Å²) >= 11 is 0. The highest BCUT2D eigenvalue weighted by molar-refractivity contribution is 6.13. The molecule has 0 unspecified atom stereocenters. The van der Waals surface area contributed by atoms with Crippen LogP contribution in [0.2, 0.25) is 0 Å². The van der Waals surface area contributed by atoms with Crippen LogP contribution in [0.4, 0.5) is 5.69 Å². The van der Waals surface area contributed by atoms with Crippen LogP contribution in [0.5, 0.6) is 0 Å². The maximum atomic E-state index is 12.8. The second-order valence-corrected chi connectivity index (χ2v) is 7.75. The SMILES string of the molecule is O=C(C[C@@H]1N=C(C2CCCCC2)c2ccccc2NC1=O)OCc1ccccc1. The Bertz CT molecular complexity index is 901. The molecule has 150 valence electrons. The molecule has 2 aromatic rings. The van der Waals surface area contributed by atoms with E-state index in [1.807, 2.05) is 54.6 Å². The number of hydrogen-bond acceptors (Lipinski definition) is 4. The van der Waals surface area contributed by atoms with Crippen molar-refractivity contribution in [2.45, 2.75) is 51.2 Å². The van der Waals surface area contributed by atoms with Crippen molar-refractivity contribution in [3.63, 3.8) is 0 Å². The lowest BCUT2D eigenvalue weighted by Crippen LogP contribution is -2.29. The zero-order chi connectivity index (χ0) is 20.1. The lowest BCUT2D eigenvalue weighted by Gasteiger charge is -2.24. The Hall–Kier alpha value is -2.95. The number of hydrogen-bond donors (Lipinski definition) is 1. The van der Waals surface area contributed by atoms with Crippen molar-refractivity contribution in [2.24, 2.45) is 10.9 Å². The molecule has 1 aliphatic heterocycles. The van der Waals surface area contributed by atoms with Crippen molar-refractivity contribution in [2.75, 3.05) is 5.32 Å². The van der Waals surface area contributed by atoms with Gasteiger partial charge in [-0.2, -0.15) is 0 Å². The molecule has 1 N–H and O–H groups in total. The second kappa shape index (κ2) is 9.03. The first kappa shape index (κ1) is 19.4. The van der Waals surface area contributed by atoms with Gasteiger partial charge in [0.05, 0.1) is 6.42 Å². The number of aliphatic imine (C=N–C) groups is 1. The number of rotatable bonds is 5. The molecule has 0 aromatic heterocycles. The molecule has 4 rings (SSSR count). The van der Waals surface area contributed by atoms with E-state index in [9.17, 15) is 9.59 Å². The van der Waals surface area contributed by atoms with Crippen molar-refractivity contribution >= 4 is 23.3 Å². The van der Waals surface area contributed by atoms with Crippen molar-refractivity contribution in [3.8, 4) is 0 Å². The average molecular weight is 390 g/mol. The van der Waals surface area contributed by atoms with Gasteiger partial charge in [-0.3, -0.25) is 14.6 Å². The zero-order valence-corrected chi connectivity index (χ0v) is 16.5. The number of anilines is 1. The number of carbonyl (C=O) groups excluding carboxylic acids is 2. The minimum Gasteiger partial charge on any atom is -0.461 e. The van der Waals surface area contributed by atoms with E-state index in [1.165, 1.54) is 19.3 Å². The Kier molecular flexibility index (Phi) is 6.03. The van der Waals surface area contributed by atoms with Gasteiger partial charge < -0.3 is 10.1 Å². The molecule has 5 heteroatoms. The molecular formula is C24H26N2O3. The molecule has 0 bridgehead atoms. The number of benzene rings is 2. The second-order valence-electron chi connectivity index (χ2n) is 7.75. The highest BCUT2D eigenvalue weighted by Crippen LogP contribution is 2.32. The lowest BCUT2D eigenvalue weighted by molar-refractivity contribution is -0.146. The van der Waals surface area contributed by atoms with E-state index in [2.05, 4.69) is 5.32 Å². The maximum absolute atomic E-state index is 12.8. The monoisotopic (exact) mass is 390 g/mol. The van der Waals surface area contributed by atoms with Crippen LogP contribution < -0.4 is 5.32 Å². The van der Waals surface area contributed by atoms with Crippen LogP contribution in [0.25, 0.3) is 0 Å². The maximum Gasteiger partial charge on any atom is 0.308 e. The third kappa shape index (κ3) is 4.73. The van der Waals surface area contributed by atoms with Gasteiger partial charge in [0, 0.05) is 22.9 Å². The predicted octanol–water partition coefficient (Wildman–Crippen LogP) is 4.51. The van der Waals surface area contributed by atoms with E-state index >= 15 is 0 Å². The Morgan fingerprint density at radius 2 is 1.72 bits per heavy atom. The summed E-state index contributed by atoms with van der Waals surface area (Å²) in [7, 11) is 0. The summed E-state index contributed by atoms with van der Waals surface area (Å²) in [5, 5.41) is 2.96. The molecule has 1 atom stereocenters. The highest BCUT2D eigenvalue weighted by atomic mass is 16.5. The lowest BCUT2D eigenvalue weighted by atomic mass is 9.83. The van der Waals surface area contributed by atoms with Crippen LogP contribution in [0.1, 0.15) is 49.7 Å². The largest absolute Gasteiger partial charge is 0.461 e. The Labute approximate surface area is 171 Å². The number of benzodiazepines with no additional fused rings is 1. The zero-order valence-electron chi connectivity index (χ0n) is 16.5. The van der Waals surface area contributed by atoms with Crippen LogP contribution in [0.15, 0.2) is 59.6 Å². The summed E-state index contributed by atoms with van der Waals surface area (Å²) < 4.78 is 5.39. The Morgan fingerprint density at radius 3 is 2.52 bits per heavy atom. The Morgan fingerprint density at radius 1 is 1.00 bits per heavy atom. The first-order valence-corrected chi connectivity index (χ1v) is 10.4. The Balaban J connectivity index is 1.52. The molecule has 5 nitrogen and oxygen atoms in total.